The Morgan fingerprint density at radius 1 is 1.11 bits per heavy atom. The zero-order valence-electron chi connectivity index (χ0n) is 10.9. The Morgan fingerprint density at radius 2 is 1.84 bits per heavy atom. The predicted octanol–water partition coefficient (Wildman–Crippen LogP) is 3.89. The van der Waals surface area contributed by atoms with Crippen LogP contribution in [0.25, 0.3) is 0 Å². The highest BCUT2D eigenvalue weighted by molar-refractivity contribution is 5.37. The standard InChI is InChI=1S/C16H17FN2/c1-11-5-7-12(8-6-11)13-9-14(10-13)18-16-4-2-3-15(17)19-16/h2-8,13-14H,9-10H2,1H3,(H,18,19). The van der Waals surface area contributed by atoms with Crippen molar-refractivity contribution in [3.05, 3.63) is 59.5 Å². The van der Waals surface area contributed by atoms with Gasteiger partial charge in [0.1, 0.15) is 5.82 Å². The summed E-state index contributed by atoms with van der Waals surface area (Å²) in [6.07, 6.45) is 2.17. The van der Waals surface area contributed by atoms with Crippen LogP contribution < -0.4 is 5.32 Å². The molecule has 0 saturated heterocycles. The van der Waals surface area contributed by atoms with Gasteiger partial charge in [0.05, 0.1) is 0 Å². The first kappa shape index (κ1) is 12.2. The number of aryl methyl sites for hydroxylation is 1. The number of pyridine rings is 1. The number of hydrogen-bond acceptors (Lipinski definition) is 2. The lowest BCUT2D eigenvalue weighted by molar-refractivity contribution is 0.373. The van der Waals surface area contributed by atoms with Crippen LogP contribution in [0.5, 0.6) is 0 Å². The van der Waals surface area contributed by atoms with Gasteiger partial charge in [-0.3, -0.25) is 0 Å². The van der Waals surface area contributed by atoms with Gasteiger partial charge in [0.25, 0.3) is 0 Å². The molecule has 1 N–H and O–H groups in total. The Balaban J connectivity index is 1.57. The fourth-order valence-electron chi connectivity index (χ4n) is 2.54. The third-order valence-electron chi connectivity index (χ3n) is 3.75. The van der Waals surface area contributed by atoms with Crippen molar-refractivity contribution in [1.29, 1.82) is 0 Å². The molecule has 1 saturated carbocycles. The zero-order chi connectivity index (χ0) is 13.2. The number of hydrogen-bond donors (Lipinski definition) is 1. The summed E-state index contributed by atoms with van der Waals surface area (Å²) in [6.45, 7) is 2.10. The third kappa shape index (κ3) is 2.75. The summed E-state index contributed by atoms with van der Waals surface area (Å²) < 4.78 is 13.0. The van der Waals surface area contributed by atoms with Crippen molar-refractivity contribution in [2.75, 3.05) is 5.32 Å². The van der Waals surface area contributed by atoms with Crippen LogP contribution in [-0.2, 0) is 0 Å². The molecule has 0 bridgehead atoms. The molecule has 1 aromatic heterocycles. The van der Waals surface area contributed by atoms with Crippen LogP contribution in [0.2, 0.25) is 0 Å². The Morgan fingerprint density at radius 3 is 2.53 bits per heavy atom. The van der Waals surface area contributed by atoms with E-state index in [9.17, 15) is 4.39 Å². The van der Waals surface area contributed by atoms with Gasteiger partial charge in [-0.15, -0.1) is 0 Å². The average molecular weight is 256 g/mol. The van der Waals surface area contributed by atoms with Crippen molar-refractivity contribution in [3.8, 4) is 0 Å². The van der Waals surface area contributed by atoms with Crippen LogP contribution in [0.15, 0.2) is 42.5 Å². The number of nitrogens with one attached hydrogen (secondary N) is 1. The van der Waals surface area contributed by atoms with E-state index >= 15 is 0 Å². The summed E-state index contributed by atoms with van der Waals surface area (Å²) in [4.78, 5) is 3.83. The lowest BCUT2D eigenvalue weighted by atomic mass is 9.76. The molecule has 3 heteroatoms. The first-order valence-corrected chi connectivity index (χ1v) is 6.66. The fraction of sp³-hybridized carbons (Fsp3) is 0.312. The highest BCUT2D eigenvalue weighted by Crippen LogP contribution is 2.38. The molecule has 19 heavy (non-hydrogen) atoms. The summed E-state index contributed by atoms with van der Waals surface area (Å²) in [7, 11) is 0. The topological polar surface area (TPSA) is 24.9 Å². The summed E-state index contributed by atoms with van der Waals surface area (Å²) in [5.41, 5.74) is 2.69. The van der Waals surface area contributed by atoms with Crippen LogP contribution in [0.3, 0.4) is 0 Å². The van der Waals surface area contributed by atoms with Crippen molar-refractivity contribution in [2.45, 2.75) is 31.7 Å². The van der Waals surface area contributed by atoms with Gasteiger partial charge in [-0.25, -0.2) is 4.98 Å². The summed E-state index contributed by atoms with van der Waals surface area (Å²) in [5.74, 6) is 0.818. The second kappa shape index (κ2) is 5.00. The summed E-state index contributed by atoms with van der Waals surface area (Å²) >= 11 is 0. The molecule has 2 nitrogen and oxygen atoms in total. The maximum absolute atomic E-state index is 13.0. The van der Waals surface area contributed by atoms with Gasteiger partial charge in [0, 0.05) is 6.04 Å². The van der Waals surface area contributed by atoms with E-state index < -0.39 is 5.95 Å². The second-order valence-corrected chi connectivity index (χ2v) is 5.27. The van der Waals surface area contributed by atoms with Crippen molar-refractivity contribution in [2.24, 2.45) is 0 Å². The Labute approximate surface area is 112 Å². The van der Waals surface area contributed by atoms with E-state index in [1.54, 1.807) is 6.07 Å². The first-order valence-electron chi connectivity index (χ1n) is 6.66. The molecule has 0 spiro atoms. The van der Waals surface area contributed by atoms with Gasteiger partial charge in [-0.1, -0.05) is 35.9 Å². The van der Waals surface area contributed by atoms with E-state index in [-0.39, 0.29) is 0 Å². The Kier molecular flexibility index (Phi) is 3.20. The van der Waals surface area contributed by atoms with E-state index in [1.165, 1.54) is 17.2 Å². The minimum Gasteiger partial charge on any atom is -0.367 e. The number of aromatic nitrogens is 1. The molecule has 1 aliphatic rings. The Bertz CT molecular complexity index is 559. The van der Waals surface area contributed by atoms with Crippen LogP contribution in [0, 0.1) is 12.9 Å². The highest BCUT2D eigenvalue weighted by atomic mass is 19.1. The van der Waals surface area contributed by atoms with E-state index in [4.69, 9.17) is 0 Å². The molecule has 0 amide bonds. The van der Waals surface area contributed by atoms with Gasteiger partial charge >= 0.3 is 0 Å². The number of benzene rings is 1. The molecule has 0 unspecified atom stereocenters. The molecule has 1 aliphatic carbocycles. The van der Waals surface area contributed by atoms with Crippen LogP contribution >= 0.6 is 0 Å². The van der Waals surface area contributed by atoms with E-state index in [1.807, 2.05) is 6.07 Å². The monoisotopic (exact) mass is 256 g/mol. The highest BCUT2D eigenvalue weighted by Gasteiger charge is 2.30. The van der Waals surface area contributed by atoms with E-state index in [0.717, 1.165) is 12.8 Å². The predicted molar refractivity (Wildman–Crippen MR) is 74.8 cm³/mol. The normalized spacial score (nSPS) is 21.8. The number of nitrogens with zero attached hydrogens (tertiary/aromatic N) is 1. The number of rotatable bonds is 3. The molecule has 0 radical (unpaired) electrons. The maximum Gasteiger partial charge on any atom is 0.214 e. The molecule has 3 rings (SSSR count). The van der Waals surface area contributed by atoms with Gasteiger partial charge in [-0.05, 0) is 43.4 Å². The summed E-state index contributed by atoms with van der Waals surface area (Å²) in [5, 5.41) is 3.28. The van der Waals surface area contributed by atoms with Crippen LogP contribution in [0.4, 0.5) is 10.2 Å². The lowest BCUT2D eigenvalue weighted by Crippen LogP contribution is -2.34. The number of halogens is 1. The minimum absolute atomic E-state index is 0.403. The van der Waals surface area contributed by atoms with Crippen molar-refractivity contribution in [1.82, 2.24) is 4.98 Å². The van der Waals surface area contributed by atoms with Crippen molar-refractivity contribution >= 4 is 5.82 Å². The summed E-state index contributed by atoms with van der Waals surface area (Å²) in [6, 6.07) is 14.0. The van der Waals surface area contributed by atoms with Gasteiger partial charge in [0.15, 0.2) is 0 Å². The van der Waals surface area contributed by atoms with E-state index in [2.05, 4.69) is 41.5 Å². The van der Waals surface area contributed by atoms with Gasteiger partial charge < -0.3 is 5.32 Å². The minimum atomic E-state index is -0.431. The Hall–Kier alpha value is -1.90. The molecule has 0 aliphatic heterocycles. The van der Waals surface area contributed by atoms with E-state index in [0.29, 0.717) is 17.8 Å². The second-order valence-electron chi connectivity index (χ2n) is 5.27. The third-order valence-corrected chi connectivity index (χ3v) is 3.75. The fourth-order valence-corrected chi connectivity index (χ4v) is 2.54. The molecule has 1 fully saturated rings. The zero-order valence-corrected chi connectivity index (χ0v) is 10.9. The quantitative estimate of drug-likeness (QED) is 0.843. The van der Waals surface area contributed by atoms with Gasteiger partial charge in [0.2, 0.25) is 5.95 Å². The van der Waals surface area contributed by atoms with Crippen molar-refractivity contribution in [3.63, 3.8) is 0 Å². The van der Waals surface area contributed by atoms with Gasteiger partial charge in [-0.2, -0.15) is 4.39 Å². The smallest absolute Gasteiger partial charge is 0.214 e. The molecule has 1 heterocycles. The average Bonchev–Trinajstić information content (AvgIpc) is 2.35. The maximum atomic E-state index is 13.0. The molecule has 0 atom stereocenters. The molecule has 1 aromatic carbocycles. The van der Waals surface area contributed by atoms with Crippen LogP contribution in [-0.4, -0.2) is 11.0 Å². The molecular weight excluding hydrogens is 239 g/mol. The van der Waals surface area contributed by atoms with Crippen LogP contribution in [0.1, 0.15) is 29.9 Å². The van der Waals surface area contributed by atoms with Crippen molar-refractivity contribution < 1.29 is 4.39 Å². The molecular formula is C16H17FN2. The largest absolute Gasteiger partial charge is 0.367 e. The molecule has 2 aromatic rings. The lowest BCUT2D eigenvalue weighted by Gasteiger charge is -2.36. The molecule has 98 valence electrons. The SMILES string of the molecule is Cc1ccc(C2CC(Nc3cccc(F)n3)C2)cc1. The first-order chi connectivity index (χ1) is 9.20. The number of anilines is 1.